The van der Waals surface area contributed by atoms with Crippen molar-refractivity contribution in [3.05, 3.63) is 134 Å². The zero-order valence-corrected chi connectivity index (χ0v) is 51.3. The second-order valence-corrected chi connectivity index (χ2v) is 21.3. The SMILES string of the molecule is CC/C=C\C/C=C\C/C=C\C/C=C\C/C=C\C/C=C\C/C=C\CCCCCCCCCC(=O)OCC(COC(=O)CCCCCCC/C=C\CCCC)OC(=O)CCCCCCCC/C=C\C/C=C\C/C=C\CCCCCCC. The third-order valence-electron chi connectivity index (χ3n) is 13.6. The van der Waals surface area contributed by atoms with Crippen LogP contribution in [0.1, 0.15) is 290 Å². The van der Waals surface area contributed by atoms with Gasteiger partial charge in [-0.3, -0.25) is 14.4 Å². The van der Waals surface area contributed by atoms with E-state index in [-0.39, 0.29) is 31.1 Å². The van der Waals surface area contributed by atoms with Crippen molar-refractivity contribution in [3.63, 3.8) is 0 Å². The molecule has 0 aliphatic carbocycles. The highest BCUT2D eigenvalue weighted by molar-refractivity contribution is 5.71. The van der Waals surface area contributed by atoms with Crippen molar-refractivity contribution in [2.75, 3.05) is 13.2 Å². The number of allylic oxidation sites excluding steroid dienone is 22. The minimum Gasteiger partial charge on any atom is -0.462 e. The number of unbranched alkanes of at least 4 members (excludes halogenated alkanes) is 25. The van der Waals surface area contributed by atoms with E-state index in [0.29, 0.717) is 19.3 Å². The van der Waals surface area contributed by atoms with Crippen LogP contribution in [0.2, 0.25) is 0 Å². The molecule has 0 aliphatic rings. The number of ether oxygens (including phenoxy) is 3. The number of rotatable bonds is 58. The van der Waals surface area contributed by atoms with Gasteiger partial charge in [0.05, 0.1) is 0 Å². The van der Waals surface area contributed by atoms with E-state index in [1.165, 1.54) is 103 Å². The first-order valence-corrected chi connectivity index (χ1v) is 32.7. The van der Waals surface area contributed by atoms with Crippen LogP contribution in [0.15, 0.2) is 134 Å². The fraction of sp³-hybridized carbons (Fsp3) is 0.658. The van der Waals surface area contributed by atoms with Crippen molar-refractivity contribution in [2.45, 2.75) is 297 Å². The molecule has 0 bridgehead atoms. The lowest BCUT2D eigenvalue weighted by molar-refractivity contribution is -0.167. The largest absolute Gasteiger partial charge is 0.462 e. The van der Waals surface area contributed by atoms with E-state index >= 15 is 0 Å². The molecular weight excluding hydrogens is 973 g/mol. The maximum atomic E-state index is 12.9. The van der Waals surface area contributed by atoms with E-state index in [1.54, 1.807) is 0 Å². The van der Waals surface area contributed by atoms with Crippen LogP contribution in [-0.4, -0.2) is 37.2 Å². The maximum Gasteiger partial charge on any atom is 0.306 e. The molecular formula is C73H120O6. The van der Waals surface area contributed by atoms with Gasteiger partial charge in [0.25, 0.3) is 0 Å². The summed E-state index contributed by atoms with van der Waals surface area (Å²) in [6.07, 6.45) is 93.1. The molecule has 6 heteroatoms. The summed E-state index contributed by atoms with van der Waals surface area (Å²) in [6.45, 7) is 6.46. The third-order valence-corrected chi connectivity index (χ3v) is 13.6. The van der Waals surface area contributed by atoms with E-state index in [2.05, 4.69) is 154 Å². The van der Waals surface area contributed by atoms with Gasteiger partial charge in [-0.15, -0.1) is 0 Å². The van der Waals surface area contributed by atoms with Gasteiger partial charge in [-0.25, -0.2) is 0 Å². The van der Waals surface area contributed by atoms with Crippen LogP contribution in [0.25, 0.3) is 0 Å². The average Bonchev–Trinajstić information content (AvgIpc) is 3.45. The van der Waals surface area contributed by atoms with Crippen LogP contribution in [0, 0.1) is 0 Å². The molecule has 0 saturated heterocycles. The Balaban J connectivity index is 4.34. The second kappa shape index (κ2) is 66.1. The first-order valence-electron chi connectivity index (χ1n) is 32.7. The molecule has 0 rings (SSSR count). The molecule has 0 radical (unpaired) electrons. The van der Waals surface area contributed by atoms with Crippen molar-refractivity contribution < 1.29 is 28.6 Å². The molecule has 1 unspecified atom stereocenters. The molecule has 79 heavy (non-hydrogen) atoms. The number of carbonyl (C=O) groups is 3. The first kappa shape index (κ1) is 74.5. The molecule has 448 valence electrons. The lowest BCUT2D eigenvalue weighted by Crippen LogP contribution is -2.30. The van der Waals surface area contributed by atoms with Gasteiger partial charge < -0.3 is 14.2 Å². The fourth-order valence-electron chi connectivity index (χ4n) is 8.70. The molecule has 0 aliphatic heterocycles. The van der Waals surface area contributed by atoms with Crippen molar-refractivity contribution in [3.8, 4) is 0 Å². The van der Waals surface area contributed by atoms with Crippen molar-refractivity contribution in [1.29, 1.82) is 0 Å². The highest BCUT2D eigenvalue weighted by Crippen LogP contribution is 2.15. The predicted octanol–water partition coefficient (Wildman–Crippen LogP) is 22.5. The topological polar surface area (TPSA) is 78.9 Å². The molecule has 0 fully saturated rings. The number of carbonyl (C=O) groups excluding carboxylic acids is 3. The Kier molecular flexibility index (Phi) is 62.3. The lowest BCUT2D eigenvalue weighted by Gasteiger charge is -2.18. The van der Waals surface area contributed by atoms with Gasteiger partial charge in [-0.05, 0) is 135 Å². The Morgan fingerprint density at radius 2 is 0.506 bits per heavy atom. The molecule has 1 atom stereocenters. The molecule has 0 spiro atoms. The van der Waals surface area contributed by atoms with E-state index < -0.39 is 6.10 Å². The van der Waals surface area contributed by atoms with Crippen molar-refractivity contribution >= 4 is 17.9 Å². The standard InChI is InChI=1S/C73H120O6/c1-4-7-10-13-16-19-22-24-26-28-30-32-33-34-35-36-37-38-39-41-42-44-46-48-51-54-57-60-63-66-72(75)78-69-70(68-77-71(74)65-62-59-56-53-50-21-18-15-12-9-6-3)79-73(76)67-64-61-58-55-52-49-47-45-43-40-31-29-27-25-23-20-17-14-11-8-5-2/h7,10,15-16,18-19,23-26,29-32,34-35,37-38,41-43,45,70H,4-6,8-9,11-14,17,20-22,27-28,33,36,39-40,44,46-69H2,1-3H3/b10-7-,18-15-,19-16-,25-23-,26-24-,31-29-,32-30-,35-34-,38-37-,42-41-,45-43-. The van der Waals surface area contributed by atoms with Gasteiger partial charge in [0.2, 0.25) is 0 Å². The van der Waals surface area contributed by atoms with Crippen LogP contribution in [0.5, 0.6) is 0 Å². The predicted molar refractivity (Wildman–Crippen MR) is 343 cm³/mol. The quantitative estimate of drug-likeness (QED) is 0.0261. The molecule has 0 N–H and O–H groups in total. The van der Waals surface area contributed by atoms with E-state index in [1.807, 2.05) is 0 Å². The summed E-state index contributed by atoms with van der Waals surface area (Å²) in [5.74, 6) is -0.926. The second-order valence-electron chi connectivity index (χ2n) is 21.3. The van der Waals surface area contributed by atoms with E-state index in [4.69, 9.17) is 14.2 Å². The minimum absolute atomic E-state index is 0.0944. The maximum absolute atomic E-state index is 12.9. The smallest absolute Gasteiger partial charge is 0.306 e. The van der Waals surface area contributed by atoms with Gasteiger partial charge >= 0.3 is 17.9 Å². The Labute approximate surface area is 487 Å². The Morgan fingerprint density at radius 1 is 0.266 bits per heavy atom. The van der Waals surface area contributed by atoms with Gasteiger partial charge in [0, 0.05) is 19.3 Å². The van der Waals surface area contributed by atoms with Gasteiger partial charge in [0.15, 0.2) is 6.10 Å². The van der Waals surface area contributed by atoms with Crippen LogP contribution in [0.4, 0.5) is 0 Å². The molecule has 0 aromatic rings. The summed E-state index contributed by atoms with van der Waals surface area (Å²) in [5, 5.41) is 0. The summed E-state index contributed by atoms with van der Waals surface area (Å²) in [6, 6.07) is 0. The van der Waals surface area contributed by atoms with Crippen LogP contribution >= 0.6 is 0 Å². The molecule has 0 aromatic heterocycles. The summed E-state index contributed by atoms with van der Waals surface area (Å²) in [7, 11) is 0. The number of esters is 3. The molecule has 0 amide bonds. The summed E-state index contributed by atoms with van der Waals surface area (Å²) in [4.78, 5) is 38.3. The lowest BCUT2D eigenvalue weighted by atomic mass is 10.1. The van der Waals surface area contributed by atoms with Crippen LogP contribution in [0.3, 0.4) is 0 Å². The monoisotopic (exact) mass is 1090 g/mol. The summed E-state index contributed by atoms with van der Waals surface area (Å²) >= 11 is 0. The fourth-order valence-corrected chi connectivity index (χ4v) is 8.70. The normalized spacial score (nSPS) is 13.0. The first-order chi connectivity index (χ1) is 39.0. The Bertz CT molecular complexity index is 1680. The molecule has 0 aromatic carbocycles. The van der Waals surface area contributed by atoms with Gasteiger partial charge in [-0.1, -0.05) is 270 Å². The summed E-state index contributed by atoms with van der Waals surface area (Å²) in [5.41, 5.74) is 0. The molecule has 0 heterocycles. The van der Waals surface area contributed by atoms with E-state index in [0.717, 1.165) is 148 Å². The number of hydrogen-bond acceptors (Lipinski definition) is 6. The summed E-state index contributed by atoms with van der Waals surface area (Å²) < 4.78 is 16.9. The van der Waals surface area contributed by atoms with Gasteiger partial charge in [0.1, 0.15) is 13.2 Å². The highest BCUT2D eigenvalue weighted by Gasteiger charge is 2.19. The van der Waals surface area contributed by atoms with Crippen molar-refractivity contribution in [1.82, 2.24) is 0 Å². The van der Waals surface area contributed by atoms with Gasteiger partial charge in [-0.2, -0.15) is 0 Å². The van der Waals surface area contributed by atoms with Crippen molar-refractivity contribution in [2.24, 2.45) is 0 Å². The van der Waals surface area contributed by atoms with Crippen LogP contribution < -0.4 is 0 Å². The zero-order chi connectivity index (χ0) is 57.1. The van der Waals surface area contributed by atoms with E-state index in [9.17, 15) is 14.4 Å². The Hall–Kier alpha value is -4.45. The highest BCUT2D eigenvalue weighted by atomic mass is 16.6. The number of hydrogen-bond donors (Lipinski definition) is 0. The average molecular weight is 1090 g/mol. The zero-order valence-electron chi connectivity index (χ0n) is 51.3. The minimum atomic E-state index is -0.799. The third kappa shape index (κ3) is 64.3. The molecule has 6 nitrogen and oxygen atoms in total. The van der Waals surface area contributed by atoms with Crippen LogP contribution in [-0.2, 0) is 28.6 Å². The Morgan fingerprint density at radius 3 is 0.823 bits per heavy atom. The molecule has 0 saturated carbocycles.